The number of likely N-dealkylation sites (tertiary alicyclic amines) is 1. The first-order valence-electron chi connectivity index (χ1n) is 7.20. The van der Waals surface area contributed by atoms with E-state index in [1.54, 1.807) is 12.1 Å². The molecule has 0 spiro atoms. The van der Waals surface area contributed by atoms with Gasteiger partial charge in [0.25, 0.3) is 0 Å². The number of rotatable bonds is 4. The van der Waals surface area contributed by atoms with Gasteiger partial charge in [-0.25, -0.2) is 8.42 Å². The lowest BCUT2D eigenvalue weighted by Crippen LogP contribution is -2.42. The van der Waals surface area contributed by atoms with Crippen LogP contribution in [0.3, 0.4) is 0 Å². The highest BCUT2D eigenvalue weighted by atomic mass is 32.2. The first-order valence-corrected chi connectivity index (χ1v) is 9.09. The highest BCUT2D eigenvalue weighted by Crippen LogP contribution is 2.17. The third kappa shape index (κ3) is 4.54. The number of hydrogen-bond donors (Lipinski definition) is 1. The number of carbonyl (C=O) groups is 1. The Morgan fingerprint density at radius 3 is 2.81 bits per heavy atom. The monoisotopic (exact) mass is 310 g/mol. The summed E-state index contributed by atoms with van der Waals surface area (Å²) < 4.78 is 23.0. The second kappa shape index (κ2) is 6.58. The minimum absolute atomic E-state index is 0.102. The van der Waals surface area contributed by atoms with Crippen LogP contribution in [0.1, 0.15) is 26.2 Å². The molecule has 1 aromatic rings. The van der Waals surface area contributed by atoms with E-state index >= 15 is 0 Å². The molecule has 0 unspecified atom stereocenters. The molecular weight excluding hydrogens is 288 g/mol. The summed E-state index contributed by atoms with van der Waals surface area (Å²) in [7, 11) is -3.26. The fourth-order valence-corrected chi connectivity index (χ4v) is 3.25. The fourth-order valence-electron chi connectivity index (χ4n) is 2.58. The molecule has 1 heterocycles. The van der Waals surface area contributed by atoms with Crippen LogP contribution in [-0.2, 0) is 14.6 Å². The highest BCUT2D eigenvalue weighted by Gasteiger charge is 2.20. The largest absolute Gasteiger partial charge is 0.325 e. The van der Waals surface area contributed by atoms with Gasteiger partial charge < -0.3 is 5.32 Å². The van der Waals surface area contributed by atoms with Gasteiger partial charge in [-0.15, -0.1) is 0 Å². The minimum atomic E-state index is -3.26. The Hall–Kier alpha value is -1.40. The zero-order chi connectivity index (χ0) is 15.5. The molecule has 0 radical (unpaired) electrons. The number of carbonyl (C=O) groups excluding carboxylic acids is 1. The smallest absolute Gasteiger partial charge is 0.238 e. The average Bonchev–Trinajstić information content (AvgIpc) is 2.41. The van der Waals surface area contributed by atoms with Crippen LogP contribution in [0.5, 0.6) is 0 Å². The van der Waals surface area contributed by atoms with E-state index in [1.807, 2.05) is 0 Å². The summed E-state index contributed by atoms with van der Waals surface area (Å²) in [6.45, 7) is 3.43. The quantitative estimate of drug-likeness (QED) is 0.922. The van der Waals surface area contributed by atoms with Crippen LogP contribution in [0.4, 0.5) is 5.69 Å². The molecule has 0 saturated carbocycles. The van der Waals surface area contributed by atoms with E-state index in [-0.39, 0.29) is 10.8 Å². The molecule has 2 rings (SSSR count). The Morgan fingerprint density at radius 1 is 1.38 bits per heavy atom. The summed E-state index contributed by atoms with van der Waals surface area (Å²) in [5.41, 5.74) is 0.521. The molecule has 0 aliphatic carbocycles. The zero-order valence-corrected chi connectivity index (χ0v) is 13.3. The summed E-state index contributed by atoms with van der Waals surface area (Å²) in [5.74, 6) is -0.102. The second-order valence-electron chi connectivity index (χ2n) is 5.66. The lowest BCUT2D eigenvalue weighted by Gasteiger charge is -2.32. The number of benzene rings is 1. The van der Waals surface area contributed by atoms with Crippen LogP contribution in [0, 0.1) is 0 Å². The van der Waals surface area contributed by atoms with Gasteiger partial charge in [0.05, 0.1) is 11.4 Å². The highest BCUT2D eigenvalue weighted by molar-refractivity contribution is 7.90. The Morgan fingerprint density at radius 2 is 2.14 bits per heavy atom. The van der Waals surface area contributed by atoms with Crippen LogP contribution < -0.4 is 5.32 Å². The van der Waals surface area contributed by atoms with E-state index in [1.165, 1.54) is 18.6 Å². The summed E-state index contributed by atoms with van der Waals surface area (Å²) in [5, 5.41) is 2.78. The van der Waals surface area contributed by atoms with E-state index in [0.717, 1.165) is 25.6 Å². The maximum absolute atomic E-state index is 12.1. The third-order valence-corrected chi connectivity index (χ3v) is 4.94. The van der Waals surface area contributed by atoms with E-state index in [9.17, 15) is 13.2 Å². The minimum Gasteiger partial charge on any atom is -0.325 e. The molecule has 0 bridgehead atoms. The first-order chi connectivity index (χ1) is 9.86. The number of anilines is 1. The topological polar surface area (TPSA) is 66.5 Å². The van der Waals surface area contributed by atoms with E-state index < -0.39 is 9.84 Å². The van der Waals surface area contributed by atoms with Crippen LogP contribution >= 0.6 is 0 Å². The van der Waals surface area contributed by atoms with Crippen molar-refractivity contribution in [2.24, 2.45) is 0 Å². The fraction of sp³-hybridized carbons (Fsp3) is 0.533. The molecule has 1 amide bonds. The van der Waals surface area contributed by atoms with Gasteiger partial charge in [-0.05, 0) is 44.5 Å². The maximum Gasteiger partial charge on any atom is 0.238 e. The molecule has 1 aromatic carbocycles. The number of hydrogen-bond acceptors (Lipinski definition) is 4. The van der Waals surface area contributed by atoms with Crippen LogP contribution in [0.25, 0.3) is 0 Å². The lowest BCUT2D eigenvalue weighted by atomic mass is 10.0. The van der Waals surface area contributed by atoms with E-state index in [2.05, 4.69) is 17.1 Å². The molecule has 21 heavy (non-hydrogen) atoms. The molecule has 116 valence electrons. The molecule has 1 saturated heterocycles. The summed E-state index contributed by atoms with van der Waals surface area (Å²) in [6.07, 6.45) is 4.62. The molecule has 0 aromatic heterocycles. The van der Waals surface area contributed by atoms with Crippen molar-refractivity contribution in [3.05, 3.63) is 24.3 Å². The van der Waals surface area contributed by atoms with Crippen LogP contribution in [-0.4, -0.2) is 44.6 Å². The van der Waals surface area contributed by atoms with Crippen molar-refractivity contribution < 1.29 is 13.2 Å². The molecular formula is C15H22N2O3S. The summed E-state index contributed by atoms with van der Waals surface area (Å²) in [6, 6.07) is 6.78. The number of sulfone groups is 1. The van der Waals surface area contributed by atoms with Gasteiger partial charge in [0.15, 0.2) is 9.84 Å². The van der Waals surface area contributed by atoms with Gasteiger partial charge >= 0.3 is 0 Å². The van der Waals surface area contributed by atoms with Gasteiger partial charge in [-0.1, -0.05) is 12.5 Å². The first kappa shape index (κ1) is 16.0. The van der Waals surface area contributed by atoms with E-state index in [0.29, 0.717) is 18.3 Å². The number of nitrogens with one attached hydrogen (secondary N) is 1. The van der Waals surface area contributed by atoms with Crippen molar-refractivity contribution in [2.75, 3.05) is 24.7 Å². The molecule has 1 fully saturated rings. The lowest BCUT2D eigenvalue weighted by molar-refractivity contribution is -0.118. The number of nitrogens with zero attached hydrogens (tertiary/aromatic N) is 1. The maximum atomic E-state index is 12.1. The van der Waals surface area contributed by atoms with Crippen molar-refractivity contribution in [1.82, 2.24) is 4.90 Å². The molecule has 1 atom stereocenters. The molecule has 1 aliphatic rings. The van der Waals surface area contributed by atoms with Gasteiger partial charge in [-0.3, -0.25) is 9.69 Å². The van der Waals surface area contributed by atoms with Crippen molar-refractivity contribution >= 4 is 21.4 Å². The van der Waals surface area contributed by atoms with Crippen molar-refractivity contribution in [1.29, 1.82) is 0 Å². The van der Waals surface area contributed by atoms with Crippen molar-refractivity contribution in [2.45, 2.75) is 37.1 Å². The Labute approximate surface area is 126 Å². The van der Waals surface area contributed by atoms with Gasteiger partial charge in [0, 0.05) is 18.0 Å². The van der Waals surface area contributed by atoms with Gasteiger partial charge in [0.1, 0.15) is 0 Å². The predicted molar refractivity (Wildman–Crippen MR) is 83.1 cm³/mol. The molecule has 6 heteroatoms. The molecule has 1 N–H and O–H groups in total. The SMILES string of the molecule is C[C@@H]1CCCCN1CC(=O)Nc1cccc(S(C)(=O)=O)c1. The van der Waals surface area contributed by atoms with E-state index in [4.69, 9.17) is 0 Å². The predicted octanol–water partition coefficient (Wildman–Crippen LogP) is 1.90. The van der Waals surface area contributed by atoms with Crippen LogP contribution in [0.15, 0.2) is 29.2 Å². The second-order valence-corrected chi connectivity index (χ2v) is 7.68. The number of piperidine rings is 1. The summed E-state index contributed by atoms with van der Waals surface area (Å²) in [4.78, 5) is 14.5. The Kier molecular flexibility index (Phi) is 5.00. The van der Waals surface area contributed by atoms with Crippen LogP contribution in [0.2, 0.25) is 0 Å². The zero-order valence-electron chi connectivity index (χ0n) is 12.5. The average molecular weight is 310 g/mol. The molecule has 1 aliphatic heterocycles. The molecule has 5 nitrogen and oxygen atoms in total. The number of amides is 1. The Balaban J connectivity index is 1.99. The summed E-state index contributed by atoms with van der Waals surface area (Å²) >= 11 is 0. The Bertz CT molecular complexity index is 613. The third-order valence-electron chi connectivity index (χ3n) is 3.83. The van der Waals surface area contributed by atoms with Gasteiger partial charge in [-0.2, -0.15) is 0 Å². The standard InChI is InChI=1S/C15H22N2O3S/c1-12-6-3-4-9-17(12)11-15(18)16-13-7-5-8-14(10-13)21(2,19)20/h5,7-8,10,12H,3-4,6,9,11H2,1-2H3,(H,16,18)/t12-/m1/s1. The normalized spacial score (nSPS) is 20.2. The van der Waals surface area contributed by atoms with Gasteiger partial charge in [0.2, 0.25) is 5.91 Å². The van der Waals surface area contributed by atoms with Crippen molar-refractivity contribution in [3.8, 4) is 0 Å². The van der Waals surface area contributed by atoms with Crippen molar-refractivity contribution in [3.63, 3.8) is 0 Å².